The van der Waals surface area contributed by atoms with E-state index in [1.54, 1.807) is 31.3 Å². The van der Waals surface area contributed by atoms with Crippen LogP contribution >= 0.6 is 34.2 Å². The molecule has 0 amide bonds. The summed E-state index contributed by atoms with van der Waals surface area (Å²) in [4.78, 5) is 72.8. The Morgan fingerprint density at radius 3 is 2.38 bits per heavy atom. The van der Waals surface area contributed by atoms with Crippen LogP contribution in [-0.4, -0.2) is 61.5 Å². The number of hydrogen-bond donors (Lipinski definition) is 1. The highest BCUT2D eigenvalue weighted by atomic mass is 127. The van der Waals surface area contributed by atoms with Gasteiger partial charge in [-0.15, -0.1) is 0 Å². The third-order valence-electron chi connectivity index (χ3n) is 9.51. The Labute approximate surface area is 301 Å². The van der Waals surface area contributed by atoms with Crippen molar-refractivity contribution in [3.05, 3.63) is 104 Å². The maximum atomic E-state index is 14.1. The fourth-order valence-electron chi connectivity index (χ4n) is 7.09. The molecule has 0 spiro atoms. The Morgan fingerprint density at radius 2 is 1.68 bits per heavy atom. The van der Waals surface area contributed by atoms with E-state index in [2.05, 4.69) is 4.98 Å². The van der Waals surface area contributed by atoms with Crippen LogP contribution in [0.25, 0.3) is 11.0 Å². The molecule has 50 heavy (non-hydrogen) atoms. The molecule has 2 aromatic heterocycles. The molecule has 2 aliphatic carbocycles. The second-order valence-electron chi connectivity index (χ2n) is 12.0. The smallest absolute Gasteiger partial charge is 0.347 e. The molecule has 4 aromatic rings. The third-order valence-corrected chi connectivity index (χ3v) is 10.6. The molecule has 0 bridgehead atoms. The predicted octanol–water partition coefficient (Wildman–Crippen LogP) is 3.12. The number of aromatic nitrogens is 5. The van der Waals surface area contributed by atoms with Crippen LogP contribution in [0, 0.1) is 0 Å². The first-order chi connectivity index (χ1) is 23.9. The Morgan fingerprint density at radius 1 is 0.980 bits per heavy atom. The van der Waals surface area contributed by atoms with Gasteiger partial charge in [0.25, 0.3) is 5.56 Å². The molecule has 3 heterocycles. The number of benzene rings is 2. The van der Waals surface area contributed by atoms with Gasteiger partial charge in [-0.3, -0.25) is 14.4 Å². The zero-order chi connectivity index (χ0) is 35.8. The van der Waals surface area contributed by atoms with Gasteiger partial charge in [-0.25, -0.2) is 28.5 Å². The molecule has 3 aliphatic rings. The quantitative estimate of drug-likeness (QED) is 0.167. The van der Waals surface area contributed by atoms with Crippen LogP contribution in [0.15, 0.2) is 71.1 Å². The number of fused-ring (bicyclic) bond motifs is 4. The Hall–Kier alpha value is -4.90. The van der Waals surface area contributed by atoms with Gasteiger partial charge in [0.15, 0.2) is 34.6 Å². The Bertz CT molecular complexity index is 2470. The zero-order valence-electron chi connectivity index (χ0n) is 27.2. The summed E-state index contributed by atoms with van der Waals surface area (Å²) in [5.41, 5.74) is 1.05. The van der Waals surface area contributed by atoms with Crippen molar-refractivity contribution in [3.63, 3.8) is 0 Å². The van der Waals surface area contributed by atoms with E-state index in [4.69, 9.17) is 25.8 Å². The topological polar surface area (TPSA) is 166 Å². The van der Waals surface area contributed by atoms with Gasteiger partial charge in [-0.1, -0.05) is 17.7 Å². The summed E-state index contributed by atoms with van der Waals surface area (Å²) in [6.45, 7) is -0.143. The number of allylic oxidation sites excluding steroid dienone is 6. The number of ketones is 2. The molecule has 0 radical (unpaired) electrons. The largest absolute Gasteiger partial charge is 0.503 e. The lowest BCUT2D eigenvalue weighted by molar-refractivity contribution is -0.115. The van der Waals surface area contributed by atoms with Crippen molar-refractivity contribution >= 4 is 56.8 Å². The van der Waals surface area contributed by atoms with Gasteiger partial charge in [0.05, 0.1) is 53.6 Å². The summed E-state index contributed by atoms with van der Waals surface area (Å²) in [6.07, 6.45) is 3.02. The molecule has 2 aromatic carbocycles. The zero-order valence-corrected chi connectivity index (χ0v) is 30.1. The summed E-state index contributed by atoms with van der Waals surface area (Å²) in [7, 11) is 5.94. The summed E-state index contributed by atoms with van der Waals surface area (Å²) >= 11 is 8.22. The van der Waals surface area contributed by atoms with Crippen molar-refractivity contribution in [2.45, 2.75) is 37.9 Å². The molecule has 0 unspecified atom stereocenters. The molecule has 258 valence electrons. The SMILES string of the molecule is COc1cc2nc(CCn3c(=O)n4n(c3=O)[C@@H]3CC5=C(C(=O)C(I)=CC5=O)[C@@H](c5cc(Cl)c(O)c(OC)c5)C3=CC4)c(=O)n(C)c2cc1OC. The van der Waals surface area contributed by atoms with E-state index in [9.17, 15) is 29.1 Å². The fraction of sp³-hybridized carbons (Fsp3) is 0.294. The minimum absolute atomic E-state index is 0.00164. The summed E-state index contributed by atoms with van der Waals surface area (Å²) in [5.74, 6) is -0.887. The molecular weight excluding hydrogens is 785 g/mol. The minimum atomic E-state index is -0.829. The van der Waals surface area contributed by atoms with Crippen LogP contribution in [0.2, 0.25) is 5.02 Å². The summed E-state index contributed by atoms with van der Waals surface area (Å²) in [5, 5.41) is 10.4. The average Bonchev–Trinajstić information content (AvgIpc) is 3.36. The van der Waals surface area contributed by atoms with Crippen LogP contribution in [0.4, 0.5) is 0 Å². The number of methoxy groups -OCH3 is 3. The van der Waals surface area contributed by atoms with E-state index in [1.807, 2.05) is 22.6 Å². The summed E-state index contributed by atoms with van der Waals surface area (Å²) < 4.78 is 21.4. The van der Waals surface area contributed by atoms with Crippen molar-refractivity contribution in [1.82, 2.24) is 23.5 Å². The van der Waals surface area contributed by atoms with Crippen LogP contribution in [0.5, 0.6) is 23.0 Å². The number of carbonyl (C=O) groups excluding carboxylic acids is 2. The lowest BCUT2D eigenvalue weighted by Crippen LogP contribution is -2.40. The van der Waals surface area contributed by atoms with Gasteiger partial charge in [0.1, 0.15) is 5.69 Å². The maximum absolute atomic E-state index is 14.1. The number of carbonyl (C=O) groups is 2. The molecular formula is C34H29ClIN5O9. The van der Waals surface area contributed by atoms with Crippen LogP contribution in [-0.2, 0) is 36.1 Å². The molecule has 0 saturated heterocycles. The van der Waals surface area contributed by atoms with Gasteiger partial charge in [0.2, 0.25) is 0 Å². The van der Waals surface area contributed by atoms with Crippen LogP contribution in [0.3, 0.4) is 0 Å². The van der Waals surface area contributed by atoms with Crippen molar-refractivity contribution in [2.24, 2.45) is 7.05 Å². The molecule has 0 fully saturated rings. The number of hydrogen-bond acceptors (Lipinski definition) is 10. The summed E-state index contributed by atoms with van der Waals surface area (Å²) in [6, 6.07) is 5.54. The Balaban J connectivity index is 1.31. The normalized spacial score (nSPS) is 18.4. The minimum Gasteiger partial charge on any atom is -0.503 e. The number of ether oxygens (including phenoxy) is 3. The number of rotatable bonds is 7. The van der Waals surface area contributed by atoms with E-state index in [0.29, 0.717) is 33.7 Å². The van der Waals surface area contributed by atoms with Crippen molar-refractivity contribution in [1.29, 1.82) is 0 Å². The highest BCUT2D eigenvalue weighted by molar-refractivity contribution is 14.1. The van der Waals surface area contributed by atoms with Crippen molar-refractivity contribution in [3.8, 4) is 23.0 Å². The predicted molar refractivity (Wildman–Crippen MR) is 190 cm³/mol. The van der Waals surface area contributed by atoms with Crippen molar-refractivity contribution < 1.29 is 28.9 Å². The van der Waals surface area contributed by atoms with E-state index in [0.717, 1.165) is 4.57 Å². The van der Waals surface area contributed by atoms with Crippen LogP contribution < -0.4 is 31.1 Å². The van der Waals surface area contributed by atoms with Gasteiger partial charge < -0.3 is 23.9 Å². The second kappa shape index (κ2) is 12.5. The maximum Gasteiger partial charge on any atom is 0.347 e. The Kier molecular flexibility index (Phi) is 8.37. The first kappa shape index (κ1) is 33.6. The lowest BCUT2D eigenvalue weighted by Gasteiger charge is -2.39. The number of nitrogens with zero attached hydrogens (tertiary/aromatic N) is 5. The van der Waals surface area contributed by atoms with E-state index in [-0.39, 0.29) is 74.4 Å². The molecule has 1 N–H and O–H groups in total. The first-order valence-corrected chi connectivity index (χ1v) is 16.8. The molecule has 14 nitrogen and oxygen atoms in total. The number of Topliss-reactive ketones (excluding diaryl/α,β-unsaturated/α-hetero) is 1. The number of halogens is 2. The first-order valence-electron chi connectivity index (χ1n) is 15.4. The van der Waals surface area contributed by atoms with Gasteiger partial charge in [-0.05, 0) is 45.9 Å². The highest BCUT2D eigenvalue weighted by Crippen LogP contribution is 2.52. The monoisotopic (exact) mass is 813 g/mol. The van der Waals surface area contributed by atoms with Crippen molar-refractivity contribution in [2.75, 3.05) is 21.3 Å². The van der Waals surface area contributed by atoms with Gasteiger partial charge in [0, 0.05) is 61.7 Å². The van der Waals surface area contributed by atoms with E-state index < -0.39 is 28.9 Å². The number of phenolic OH excluding ortho intramolecular Hbond substituents is 1. The van der Waals surface area contributed by atoms with E-state index >= 15 is 0 Å². The fourth-order valence-corrected chi connectivity index (χ4v) is 7.89. The van der Waals surface area contributed by atoms with Crippen LogP contribution in [0.1, 0.15) is 29.6 Å². The number of phenols is 1. The number of aromatic hydroxyl groups is 1. The molecule has 16 heteroatoms. The highest BCUT2D eigenvalue weighted by Gasteiger charge is 2.45. The average molecular weight is 814 g/mol. The molecule has 2 atom stereocenters. The standard InChI is InChI=1S/C34H29ClIN5O9/c1-38-23-14-26(49-3)25(48-2)13-21(23)37-20(32(38)45)6-7-39-33(46)40-8-5-16-22(41(40)34(39)47)11-17-24(42)12-19(36)31(44)29(17)28(16)15-9-18(35)30(43)27(10-15)50-4/h5,9-10,12-14,22,28,43H,6-8,11H2,1-4H3/t22-,28+/m1/s1. The molecule has 1 aliphatic heterocycles. The second-order valence-corrected chi connectivity index (χ2v) is 13.6. The number of aryl methyl sites for hydroxylation is 2. The molecule has 7 rings (SSSR count). The van der Waals surface area contributed by atoms with Gasteiger partial charge >= 0.3 is 11.4 Å². The van der Waals surface area contributed by atoms with E-state index in [1.165, 1.54) is 47.4 Å². The lowest BCUT2D eigenvalue weighted by atomic mass is 9.69. The molecule has 0 saturated carbocycles. The third kappa shape index (κ3) is 5.04. The van der Waals surface area contributed by atoms with Gasteiger partial charge in [-0.2, -0.15) is 0 Å².